The van der Waals surface area contributed by atoms with Gasteiger partial charge in [-0.25, -0.2) is 27.6 Å². The molecule has 0 spiro atoms. The Labute approximate surface area is 157 Å². The summed E-state index contributed by atoms with van der Waals surface area (Å²) < 4.78 is 27.9. The Hall–Kier alpha value is -2.13. The van der Waals surface area contributed by atoms with Gasteiger partial charge in [0, 0.05) is 11.6 Å². The Kier molecular flexibility index (Phi) is 5.77. The number of aromatic nitrogens is 3. The van der Waals surface area contributed by atoms with Gasteiger partial charge in [0.15, 0.2) is 0 Å². The number of hydrogen-bond donors (Lipinski definition) is 2. The molecule has 0 atom stereocenters. The first-order valence-corrected chi connectivity index (χ1v) is 10.3. The number of benzene rings is 1. The standard InChI is InChI=1S/C16H20ClN5O3S/c17-15-4-2-1-3-13(15)5-6-26(24,25)21-16(23)19-9-12-7-14(8-12)22-11-18-10-20-22/h1-4,10-12,14H,5-9H2,(H2,19,21,23). The summed E-state index contributed by atoms with van der Waals surface area (Å²) in [6.07, 6.45) is 5.16. The summed E-state index contributed by atoms with van der Waals surface area (Å²) in [7, 11) is -3.72. The lowest BCUT2D eigenvalue weighted by Crippen LogP contribution is -2.44. The van der Waals surface area contributed by atoms with Gasteiger partial charge in [-0.05, 0) is 36.8 Å². The number of sulfonamides is 1. The highest BCUT2D eigenvalue weighted by Crippen LogP contribution is 2.36. The Morgan fingerprint density at radius 3 is 2.77 bits per heavy atom. The highest BCUT2D eigenvalue weighted by molar-refractivity contribution is 7.90. The van der Waals surface area contributed by atoms with Crippen molar-refractivity contribution < 1.29 is 13.2 Å². The Bertz CT molecular complexity index is 851. The van der Waals surface area contributed by atoms with E-state index in [9.17, 15) is 13.2 Å². The van der Waals surface area contributed by atoms with E-state index in [2.05, 4.69) is 15.4 Å². The molecule has 0 unspecified atom stereocenters. The molecule has 1 heterocycles. The summed E-state index contributed by atoms with van der Waals surface area (Å²) >= 11 is 6.01. The summed E-state index contributed by atoms with van der Waals surface area (Å²) in [5, 5.41) is 7.21. The van der Waals surface area contributed by atoms with Gasteiger partial charge in [0.25, 0.3) is 0 Å². The number of nitrogens with zero attached hydrogens (tertiary/aromatic N) is 3. The molecule has 2 amide bonds. The SMILES string of the molecule is O=C(NCC1CC(n2cncn2)C1)NS(=O)(=O)CCc1ccccc1Cl. The second kappa shape index (κ2) is 8.05. The zero-order chi connectivity index (χ0) is 18.6. The second-order valence-electron chi connectivity index (χ2n) is 6.34. The van der Waals surface area contributed by atoms with Crippen LogP contribution in [0.4, 0.5) is 4.79 Å². The van der Waals surface area contributed by atoms with Crippen LogP contribution in [0, 0.1) is 5.92 Å². The molecule has 2 aromatic rings. The number of rotatable bonds is 7. The molecule has 2 N–H and O–H groups in total. The van der Waals surface area contributed by atoms with Crippen LogP contribution >= 0.6 is 11.6 Å². The quantitative estimate of drug-likeness (QED) is 0.740. The lowest BCUT2D eigenvalue weighted by Gasteiger charge is -2.35. The Morgan fingerprint density at radius 1 is 1.31 bits per heavy atom. The van der Waals surface area contributed by atoms with Crippen molar-refractivity contribution in [3.8, 4) is 0 Å². The highest BCUT2D eigenvalue weighted by Gasteiger charge is 2.31. The molecule has 1 saturated carbocycles. The Balaban J connectivity index is 1.38. The van der Waals surface area contributed by atoms with Crippen molar-refractivity contribution in [3.05, 3.63) is 47.5 Å². The van der Waals surface area contributed by atoms with E-state index in [1.165, 1.54) is 6.33 Å². The van der Waals surface area contributed by atoms with Crippen LogP contribution in [0.5, 0.6) is 0 Å². The topological polar surface area (TPSA) is 106 Å². The van der Waals surface area contributed by atoms with Crippen LogP contribution in [0.15, 0.2) is 36.9 Å². The van der Waals surface area contributed by atoms with E-state index in [0.717, 1.165) is 18.4 Å². The van der Waals surface area contributed by atoms with Gasteiger partial charge in [-0.2, -0.15) is 5.10 Å². The van der Waals surface area contributed by atoms with Crippen molar-refractivity contribution in [1.29, 1.82) is 0 Å². The predicted octanol–water partition coefficient (Wildman–Crippen LogP) is 1.75. The molecular weight excluding hydrogens is 378 g/mol. The monoisotopic (exact) mass is 397 g/mol. The van der Waals surface area contributed by atoms with Crippen molar-refractivity contribution in [2.45, 2.75) is 25.3 Å². The van der Waals surface area contributed by atoms with Gasteiger partial charge >= 0.3 is 6.03 Å². The third kappa shape index (κ3) is 4.95. The zero-order valence-corrected chi connectivity index (χ0v) is 15.6. The number of amides is 2. The summed E-state index contributed by atoms with van der Waals surface area (Å²) in [5.41, 5.74) is 0.730. The van der Waals surface area contributed by atoms with Crippen LogP contribution in [-0.2, 0) is 16.4 Å². The number of carbonyl (C=O) groups excluding carboxylic acids is 1. The maximum atomic E-state index is 12.0. The molecule has 140 valence electrons. The molecule has 0 aliphatic heterocycles. The van der Waals surface area contributed by atoms with Crippen LogP contribution in [-0.4, -0.2) is 41.5 Å². The van der Waals surface area contributed by atoms with Gasteiger partial charge in [-0.1, -0.05) is 29.8 Å². The molecule has 3 rings (SSSR count). The number of aryl methyl sites for hydroxylation is 1. The number of nitrogens with one attached hydrogen (secondary N) is 2. The molecule has 26 heavy (non-hydrogen) atoms. The van der Waals surface area contributed by atoms with Crippen molar-refractivity contribution in [2.24, 2.45) is 5.92 Å². The first kappa shape index (κ1) is 18.7. The number of carbonyl (C=O) groups is 1. The fraction of sp³-hybridized carbons (Fsp3) is 0.438. The Morgan fingerprint density at radius 2 is 2.08 bits per heavy atom. The minimum absolute atomic E-state index is 0.206. The van der Waals surface area contributed by atoms with E-state index < -0.39 is 16.1 Å². The summed E-state index contributed by atoms with van der Waals surface area (Å²) in [5.74, 6) is 0.0999. The summed E-state index contributed by atoms with van der Waals surface area (Å²) in [6.45, 7) is 0.428. The van der Waals surface area contributed by atoms with Crippen LogP contribution in [0.25, 0.3) is 0 Å². The molecule has 1 aliphatic carbocycles. The minimum Gasteiger partial charge on any atom is -0.337 e. The molecular formula is C16H20ClN5O3S. The lowest BCUT2D eigenvalue weighted by atomic mass is 9.80. The first-order valence-electron chi connectivity index (χ1n) is 8.29. The molecule has 8 nitrogen and oxygen atoms in total. The highest BCUT2D eigenvalue weighted by atomic mass is 35.5. The smallest absolute Gasteiger partial charge is 0.328 e. The average molecular weight is 398 g/mol. The van der Waals surface area contributed by atoms with Crippen LogP contribution in [0.1, 0.15) is 24.4 Å². The molecule has 10 heteroatoms. The van der Waals surface area contributed by atoms with Gasteiger partial charge in [-0.15, -0.1) is 0 Å². The van der Waals surface area contributed by atoms with Crippen molar-refractivity contribution >= 4 is 27.7 Å². The molecule has 1 aliphatic rings. The van der Waals surface area contributed by atoms with Crippen LogP contribution in [0.2, 0.25) is 5.02 Å². The normalized spacial score (nSPS) is 19.6. The molecule has 1 aromatic heterocycles. The third-order valence-corrected chi connectivity index (χ3v) is 6.03. The summed E-state index contributed by atoms with van der Waals surface area (Å²) in [4.78, 5) is 15.7. The van der Waals surface area contributed by atoms with E-state index in [1.807, 2.05) is 4.72 Å². The van der Waals surface area contributed by atoms with Crippen molar-refractivity contribution in [3.63, 3.8) is 0 Å². The maximum absolute atomic E-state index is 12.0. The zero-order valence-electron chi connectivity index (χ0n) is 14.0. The second-order valence-corrected chi connectivity index (χ2v) is 8.59. The lowest BCUT2D eigenvalue weighted by molar-refractivity contribution is 0.178. The molecule has 0 radical (unpaired) electrons. The fourth-order valence-corrected chi connectivity index (χ4v) is 4.08. The number of hydrogen-bond acceptors (Lipinski definition) is 5. The largest absolute Gasteiger partial charge is 0.337 e. The predicted molar refractivity (Wildman–Crippen MR) is 97.3 cm³/mol. The summed E-state index contributed by atoms with van der Waals surface area (Å²) in [6, 6.07) is 6.63. The number of urea groups is 1. The van der Waals surface area contributed by atoms with Gasteiger partial charge in [-0.3, -0.25) is 0 Å². The van der Waals surface area contributed by atoms with Crippen LogP contribution < -0.4 is 10.0 Å². The van der Waals surface area contributed by atoms with Crippen LogP contribution in [0.3, 0.4) is 0 Å². The van der Waals surface area contributed by atoms with Gasteiger partial charge < -0.3 is 5.32 Å². The fourth-order valence-electron chi connectivity index (χ4n) is 2.90. The maximum Gasteiger partial charge on any atom is 0.328 e. The van der Waals surface area contributed by atoms with E-state index >= 15 is 0 Å². The van der Waals surface area contributed by atoms with E-state index in [0.29, 0.717) is 23.5 Å². The van der Waals surface area contributed by atoms with E-state index in [-0.39, 0.29) is 12.2 Å². The molecule has 1 aromatic carbocycles. The van der Waals surface area contributed by atoms with Gasteiger partial charge in [0.05, 0.1) is 11.8 Å². The first-order chi connectivity index (χ1) is 12.4. The third-order valence-electron chi connectivity index (χ3n) is 4.42. The number of halogens is 1. The molecule has 1 fully saturated rings. The van der Waals surface area contributed by atoms with Gasteiger partial charge in [0.1, 0.15) is 12.7 Å². The van der Waals surface area contributed by atoms with E-state index in [4.69, 9.17) is 11.6 Å². The minimum atomic E-state index is -3.72. The van der Waals surface area contributed by atoms with Gasteiger partial charge in [0.2, 0.25) is 10.0 Å². The molecule has 0 bridgehead atoms. The molecule has 0 saturated heterocycles. The van der Waals surface area contributed by atoms with Crippen molar-refractivity contribution in [1.82, 2.24) is 24.8 Å². The van der Waals surface area contributed by atoms with E-state index in [1.54, 1.807) is 35.3 Å². The average Bonchev–Trinajstić information content (AvgIpc) is 3.06. The van der Waals surface area contributed by atoms with Crippen molar-refractivity contribution in [2.75, 3.05) is 12.3 Å².